The van der Waals surface area contributed by atoms with E-state index in [9.17, 15) is 9.59 Å². The highest BCUT2D eigenvalue weighted by Crippen LogP contribution is 2.29. The first-order chi connectivity index (χ1) is 17.2. The van der Waals surface area contributed by atoms with Crippen LogP contribution in [0.25, 0.3) is 11.3 Å². The molecule has 4 heterocycles. The molecule has 4 rings (SSSR count). The van der Waals surface area contributed by atoms with Crippen LogP contribution in [0.15, 0.2) is 30.5 Å². The minimum atomic E-state index is -0.577. The van der Waals surface area contributed by atoms with Gasteiger partial charge in [-0.3, -0.25) is 4.79 Å². The predicted molar refractivity (Wildman–Crippen MR) is 139 cm³/mol. The number of hydrogen-bond donors (Lipinski definition) is 2. The fraction of sp³-hybridized carbons (Fsp3) is 0.538. The molecule has 9 nitrogen and oxygen atoms in total. The number of ether oxygens (including phenoxy) is 2. The summed E-state index contributed by atoms with van der Waals surface area (Å²) in [5.41, 5.74) is 0.789. The van der Waals surface area contributed by atoms with E-state index in [1.807, 2.05) is 39.0 Å². The summed E-state index contributed by atoms with van der Waals surface area (Å²) in [6.45, 7) is 8.70. The zero-order valence-electron chi connectivity index (χ0n) is 21.1. The van der Waals surface area contributed by atoms with Crippen molar-refractivity contribution in [2.45, 2.75) is 45.6 Å². The Labute approximate surface area is 216 Å². The van der Waals surface area contributed by atoms with E-state index in [4.69, 9.17) is 26.1 Å². The number of pyridine rings is 2. The molecule has 2 aromatic heterocycles. The Bertz CT molecular complexity index is 1080. The van der Waals surface area contributed by atoms with Crippen LogP contribution in [-0.2, 0) is 14.3 Å². The Morgan fingerprint density at radius 3 is 2.72 bits per heavy atom. The smallest absolute Gasteiger partial charge is 0.410 e. The van der Waals surface area contributed by atoms with E-state index >= 15 is 0 Å². The quantitative estimate of drug-likeness (QED) is 0.567. The largest absolute Gasteiger partial charge is 0.444 e. The number of aromatic nitrogens is 2. The van der Waals surface area contributed by atoms with E-state index in [0.717, 1.165) is 38.4 Å². The molecule has 2 saturated heterocycles. The first-order valence-corrected chi connectivity index (χ1v) is 12.8. The number of hydrogen-bond acceptors (Lipinski definition) is 7. The number of likely N-dealkylation sites (tertiary alicyclic amines) is 1. The lowest BCUT2D eigenvalue weighted by molar-refractivity contribution is -0.119. The van der Waals surface area contributed by atoms with Crippen molar-refractivity contribution in [1.82, 2.24) is 14.9 Å². The van der Waals surface area contributed by atoms with E-state index < -0.39 is 11.7 Å². The van der Waals surface area contributed by atoms with Crippen molar-refractivity contribution in [2.24, 2.45) is 11.8 Å². The van der Waals surface area contributed by atoms with Gasteiger partial charge in [0, 0.05) is 44.6 Å². The molecule has 0 spiro atoms. The van der Waals surface area contributed by atoms with Crippen molar-refractivity contribution < 1.29 is 19.1 Å². The first kappa shape index (κ1) is 26.2. The monoisotopic (exact) mass is 515 g/mol. The molecule has 36 heavy (non-hydrogen) atoms. The topological polar surface area (TPSA) is 106 Å². The fourth-order valence-corrected chi connectivity index (χ4v) is 4.48. The Morgan fingerprint density at radius 2 is 1.97 bits per heavy atom. The number of nitrogens with zero attached hydrogens (tertiary/aromatic N) is 3. The Balaban J connectivity index is 1.38. The molecular formula is C26H34ClN5O4. The zero-order chi connectivity index (χ0) is 25.7. The maximum absolute atomic E-state index is 12.9. The molecule has 1 atom stereocenters. The lowest BCUT2D eigenvalue weighted by atomic mass is 10.0. The molecule has 0 saturated carbocycles. The number of halogens is 1. The lowest BCUT2D eigenvalue weighted by Crippen LogP contribution is -2.36. The maximum Gasteiger partial charge on any atom is 0.410 e. The average Bonchev–Trinajstić information content (AvgIpc) is 3.35. The number of rotatable bonds is 6. The van der Waals surface area contributed by atoms with Crippen LogP contribution in [0.1, 0.15) is 40.0 Å². The third-order valence-corrected chi connectivity index (χ3v) is 6.56. The third-order valence-electron chi connectivity index (χ3n) is 6.26. The number of anilines is 2. The summed E-state index contributed by atoms with van der Waals surface area (Å²) < 4.78 is 10.8. The second-order valence-corrected chi connectivity index (χ2v) is 10.7. The van der Waals surface area contributed by atoms with Gasteiger partial charge in [-0.25, -0.2) is 14.8 Å². The maximum atomic E-state index is 12.9. The molecule has 0 bridgehead atoms. The van der Waals surface area contributed by atoms with Crippen LogP contribution < -0.4 is 10.6 Å². The van der Waals surface area contributed by atoms with Gasteiger partial charge in [0.2, 0.25) is 5.91 Å². The van der Waals surface area contributed by atoms with Crippen LogP contribution in [0.3, 0.4) is 0 Å². The predicted octanol–water partition coefficient (Wildman–Crippen LogP) is 4.83. The minimum absolute atomic E-state index is 0.193. The average molecular weight is 516 g/mol. The summed E-state index contributed by atoms with van der Waals surface area (Å²) in [4.78, 5) is 35.8. The molecule has 2 fully saturated rings. The number of carbonyl (C=O) groups is 2. The molecule has 2 amide bonds. The molecular weight excluding hydrogens is 482 g/mol. The Hall–Kier alpha value is -2.91. The van der Waals surface area contributed by atoms with Gasteiger partial charge in [-0.1, -0.05) is 17.7 Å². The highest BCUT2D eigenvalue weighted by atomic mass is 35.5. The van der Waals surface area contributed by atoms with Crippen molar-refractivity contribution in [3.05, 3.63) is 35.5 Å². The Kier molecular flexibility index (Phi) is 8.31. The zero-order valence-corrected chi connectivity index (χ0v) is 21.8. The van der Waals surface area contributed by atoms with Gasteiger partial charge in [-0.15, -0.1) is 0 Å². The van der Waals surface area contributed by atoms with Gasteiger partial charge < -0.3 is 25.0 Å². The SMILES string of the molecule is CC(C)(C)OC(=O)N1CC[C@@H](C(=O)Nc2cc(-c3cccc(NCC4CCOCC4)n3)c(Cl)cn2)C1. The molecule has 2 aromatic rings. The number of nitrogens with one attached hydrogen (secondary N) is 2. The van der Waals surface area contributed by atoms with Crippen LogP contribution in [0.4, 0.5) is 16.4 Å². The number of carbonyl (C=O) groups excluding carboxylic acids is 2. The molecule has 0 unspecified atom stereocenters. The molecule has 2 aliphatic rings. The Morgan fingerprint density at radius 1 is 1.19 bits per heavy atom. The van der Waals surface area contributed by atoms with Gasteiger partial charge in [0.15, 0.2) is 0 Å². The second kappa shape index (κ2) is 11.4. The van der Waals surface area contributed by atoms with Crippen LogP contribution >= 0.6 is 11.6 Å². The van der Waals surface area contributed by atoms with Crippen molar-refractivity contribution in [3.8, 4) is 11.3 Å². The highest BCUT2D eigenvalue weighted by Gasteiger charge is 2.33. The van der Waals surface area contributed by atoms with Crippen LogP contribution in [0.5, 0.6) is 0 Å². The first-order valence-electron chi connectivity index (χ1n) is 12.4. The summed E-state index contributed by atoms with van der Waals surface area (Å²) in [6, 6.07) is 7.46. The van der Waals surface area contributed by atoms with E-state index in [1.54, 1.807) is 11.0 Å². The lowest BCUT2D eigenvalue weighted by Gasteiger charge is -2.24. The van der Waals surface area contributed by atoms with E-state index in [1.165, 1.54) is 6.20 Å². The highest BCUT2D eigenvalue weighted by molar-refractivity contribution is 6.33. The molecule has 0 radical (unpaired) electrons. The molecule has 2 aliphatic heterocycles. The second-order valence-electron chi connectivity index (χ2n) is 10.3. The van der Waals surface area contributed by atoms with E-state index in [2.05, 4.69) is 15.6 Å². The molecule has 194 valence electrons. The third kappa shape index (κ3) is 7.07. The van der Waals surface area contributed by atoms with Gasteiger partial charge in [0.25, 0.3) is 0 Å². The molecule has 2 N–H and O–H groups in total. The standard InChI is InChI=1S/C26H34ClN5O4/c1-26(2,3)36-25(34)32-10-7-18(16-32)24(33)31-23-13-19(20(27)15-29-23)21-5-4-6-22(30-21)28-14-17-8-11-35-12-9-17/h4-6,13,15,17-18H,7-12,14,16H2,1-3H3,(H,28,30)(H,29,31,33)/t18-/m1/s1. The molecule has 10 heteroatoms. The normalized spacial score (nSPS) is 18.7. The van der Waals surface area contributed by atoms with Crippen LogP contribution in [0.2, 0.25) is 5.02 Å². The van der Waals surface area contributed by atoms with Gasteiger partial charge in [0.05, 0.1) is 16.6 Å². The fourth-order valence-electron chi connectivity index (χ4n) is 4.28. The molecule has 0 aliphatic carbocycles. The van der Waals surface area contributed by atoms with Gasteiger partial charge in [-0.05, 0) is 64.2 Å². The summed E-state index contributed by atoms with van der Waals surface area (Å²) in [5, 5.41) is 6.73. The minimum Gasteiger partial charge on any atom is -0.444 e. The summed E-state index contributed by atoms with van der Waals surface area (Å²) in [5.74, 6) is 1.19. The summed E-state index contributed by atoms with van der Waals surface area (Å²) in [7, 11) is 0. The summed E-state index contributed by atoms with van der Waals surface area (Å²) >= 11 is 6.44. The van der Waals surface area contributed by atoms with Crippen molar-refractivity contribution in [2.75, 3.05) is 43.5 Å². The van der Waals surface area contributed by atoms with E-state index in [-0.39, 0.29) is 11.8 Å². The van der Waals surface area contributed by atoms with Crippen molar-refractivity contribution in [3.63, 3.8) is 0 Å². The van der Waals surface area contributed by atoms with Crippen LogP contribution in [-0.4, -0.2) is 65.3 Å². The van der Waals surface area contributed by atoms with Crippen molar-refractivity contribution in [1.29, 1.82) is 0 Å². The molecule has 0 aromatic carbocycles. The number of amides is 2. The van der Waals surface area contributed by atoms with Gasteiger partial charge >= 0.3 is 6.09 Å². The van der Waals surface area contributed by atoms with Gasteiger partial charge in [0.1, 0.15) is 17.2 Å². The van der Waals surface area contributed by atoms with Crippen LogP contribution in [0, 0.1) is 11.8 Å². The van der Waals surface area contributed by atoms with E-state index in [0.29, 0.717) is 47.5 Å². The van der Waals surface area contributed by atoms with Gasteiger partial charge in [-0.2, -0.15) is 0 Å². The van der Waals surface area contributed by atoms with Crippen molar-refractivity contribution >= 4 is 35.2 Å². The summed E-state index contributed by atoms with van der Waals surface area (Å²) in [6.07, 6.45) is 3.76.